The van der Waals surface area contributed by atoms with Gasteiger partial charge in [-0.2, -0.15) is 0 Å². The van der Waals surface area contributed by atoms with Crippen molar-refractivity contribution in [2.75, 3.05) is 5.32 Å². The summed E-state index contributed by atoms with van der Waals surface area (Å²) in [4.78, 5) is 16.4. The fourth-order valence-corrected chi connectivity index (χ4v) is 2.64. The number of nitrogens with zero attached hydrogens (tertiary/aromatic N) is 1. The molecule has 0 saturated carbocycles. The van der Waals surface area contributed by atoms with Gasteiger partial charge in [0.1, 0.15) is 11.0 Å². The van der Waals surface area contributed by atoms with E-state index in [9.17, 15) is 9.18 Å². The molecule has 0 aliphatic rings. The van der Waals surface area contributed by atoms with Crippen LogP contribution in [-0.4, -0.2) is 10.9 Å². The van der Waals surface area contributed by atoms with Crippen molar-refractivity contribution in [2.24, 2.45) is 0 Å². The second kappa shape index (κ2) is 6.02. The van der Waals surface area contributed by atoms with Gasteiger partial charge in [0.15, 0.2) is 0 Å². The first kappa shape index (κ1) is 14.9. The van der Waals surface area contributed by atoms with Gasteiger partial charge in [0.25, 0.3) is 5.91 Å². The topological polar surface area (TPSA) is 42.0 Å². The third kappa shape index (κ3) is 2.96. The number of hydrogen-bond acceptors (Lipinski definition) is 2. The van der Waals surface area contributed by atoms with Crippen LogP contribution in [0.15, 0.2) is 53.0 Å². The number of carbonyl (C=O) groups excluding carboxylic acids is 1. The summed E-state index contributed by atoms with van der Waals surface area (Å²) in [7, 11) is 0. The number of nitrogens with one attached hydrogen (secondary N) is 1. The average molecular weight is 380 g/mol. The molecular formula is C16H9BrClFN2O. The molecule has 0 fully saturated rings. The van der Waals surface area contributed by atoms with E-state index in [2.05, 4.69) is 26.2 Å². The molecule has 0 aliphatic heterocycles. The van der Waals surface area contributed by atoms with Crippen molar-refractivity contribution in [3.63, 3.8) is 0 Å². The predicted octanol–water partition coefficient (Wildman–Crippen LogP) is 5.04. The van der Waals surface area contributed by atoms with Gasteiger partial charge in [-0.05, 0) is 46.3 Å². The molecule has 1 N–H and O–H groups in total. The summed E-state index contributed by atoms with van der Waals surface area (Å²) in [6.07, 6.45) is 0. The molecule has 3 aromatic rings. The molecule has 0 spiro atoms. The van der Waals surface area contributed by atoms with Gasteiger partial charge in [0.2, 0.25) is 0 Å². The van der Waals surface area contributed by atoms with Crippen LogP contribution in [0.1, 0.15) is 10.4 Å². The third-order valence-electron chi connectivity index (χ3n) is 3.10. The van der Waals surface area contributed by atoms with E-state index in [4.69, 9.17) is 11.6 Å². The van der Waals surface area contributed by atoms with E-state index in [1.54, 1.807) is 18.2 Å². The lowest BCUT2D eigenvalue weighted by Gasteiger charge is -2.09. The fraction of sp³-hybridized carbons (Fsp3) is 0. The van der Waals surface area contributed by atoms with E-state index in [1.807, 2.05) is 18.2 Å². The van der Waals surface area contributed by atoms with Crippen LogP contribution in [0.25, 0.3) is 10.9 Å². The molecule has 1 amide bonds. The lowest BCUT2D eigenvalue weighted by molar-refractivity contribution is 0.102. The maximum Gasteiger partial charge on any atom is 0.258 e. The molecule has 6 heteroatoms. The van der Waals surface area contributed by atoms with Gasteiger partial charge in [-0.25, -0.2) is 9.37 Å². The van der Waals surface area contributed by atoms with E-state index < -0.39 is 5.82 Å². The molecule has 0 unspecified atom stereocenters. The van der Waals surface area contributed by atoms with Crippen molar-refractivity contribution in [2.45, 2.75) is 0 Å². The molecule has 0 atom stereocenters. The van der Waals surface area contributed by atoms with Gasteiger partial charge < -0.3 is 5.32 Å². The van der Waals surface area contributed by atoms with E-state index in [0.29, 0.717) is 16.6 Å². The van der Waals surface area contributed by atoms with Gasteiger partial charge in [-0.3, -0.25) is 4.79 Å². The van der Waals surface area contributed by atoms with Gasteiger partial charge in [0.05, 0.1) is 16.8 Å². The molecule has 2 aromatic carbocycles. The molecule has 0 saturated heterocycles. The van der Waals surface area contributed by atoms with Crippen molar-refractivity contribution in [3.05, 3.63) is 69.5 Å². The molecular weight excluding hydrogens is 371 g/mol. The van der Waals surface area contributed by atoms with Crippen molar-refractivity contribution >= 4 is 50.0 Å². The largest absolute Gasteiger partial charge is 0.321 e. The van der Waals surface area contributed by atoms with Crippen LogP contribution in [-0.2, 0) is 0 Å². The predicted molar refractivity (Wildman–Crippen MR) is 88.8 cm³/mol. The number of benzene rings is 2. The summed E-state index contributed by atoms with van der Waals surface area (Å²) in [6.45, 7) is 0. The second-order valence-electron chi connectivity index (χ2n) is 4.60. The zero-order valence-corrected chi connectivity index (χ0v) is 13.5. The highest BCUT2D eigenvalue weighted by molar-refractivity contribution is 9.10. The summed E-state index contributed by atoms with van der Waals surface area (Å²) < 4.78 is 14.0. The van der Waals surface area contributed by atoms with Crippen LogP contribution < -0.4 is 5.32 Å². The zero-order chi connectivity index (χ0) is 15.7. The van der Waals surface area contributed by atoms with Gasteiger partial charge >= 0.3 is 0 Å². The lowest BCUT2D eigenvalue weighted by Crippen LogP contribution is -2.13. The number of fused-ring (bicyclic) bond motifs is 1. The zero-order valence-electron chi connectivity index (χ0n) is 11.1. The Kier molecular flexibility index (Phi) is 4.09. The first-order valence-corrected chi connectivity index (χ1v) is 7.53. The highest BCUT2D eigenvalue weighted by Crippen LogP contribution is 2.25. The SMILES string of the molecule is O=C(Nc1ccccc1Br)c1cc2ccc(F)cc2nc1Cl. The van der Waals surface area contributed by atoms with Crippen LogP contribution >= 0.6 is 27.5 Å². The van der Waals surface area contributed by atoms with Crippen LogP contribution in [0.3, 0.4) is 0 Å². The number of pyridine rings is 1. The molecule has 1 aromatic heterocycles. The third-order valence-corrected chi connectivity index (χ3v) is 4.08. The summed E-state index contributed by atoms with van der Waals surface area (Å²) in [5, 5.41) is 3.43. The highest BCUT2D eigenvalue weighted by atomic mass is 79.9. The fourth-order valence-electron chi connectivity index (χ4n) is 2.03. The van der Waals surface area contributed by atoms with Crippen molar-refractivity contribution in [3.8, 4) is 0 Å². The van der Waals surface area contributed by atoms with Crippen LogP contribution in [0.5, 0.6) is 0 Å². The molecule has 0 bridgehead atoms. The van der Waals surface area contributed by atoms with E-state index >= 15 is 0 Å². The summed E-state index contributed by atoms with van der Waals surface area (Å²) in [5.41, 5.74) is 1.27. The molecule has 110 valence electrons. The van der Waals surface area contributed by atoms with Crippen LogP contribution in [0.4, 0.5) is 10.1 Å². The van der Waals surface area contributed by atoms with E-state index in [-0.39, 0.29) is 16.6 Å². The van der Waals surface area contributed by atoms with Crippen molar-refractivity contribution < 1.29 is 9.18 Å². The smallest absolute Gasteiger partial charge is 0.258 e. The summed E-state index contributed by atoms with van der Waals surface area (Å²) in [5.74, 6) is -0.780. The maximum atomic E-state index is 13.2. The standard InChI is InChI=1S/C16H9BrClFN2O/c17-12-3-1-2-4-13(12)21-16(22)11-7-9-5-6-10(19)8-14(9)20-15(11)18/h1-8H,(H,21,22). The molecule has 0 radical (unpaired) electrons. The van der Waals surface area contributed by atoms with Gasteiger partial charge in [-0.1, -0.05) is 23.7 Å². The highest BCUT2D eigenvalue weighted by Gasteiger charge is 2.14. The number of halogens is 3. The Morgan fingerprint density at radius 3 is 2.73 bits per heavy atom. The number of rotatable bonds is 2. The molecule has 3 nitrogen and oxygen atoms in total. The number of aromatic nitrogens is 1. The molecule has 0 aliphatic carbocycles. The second-order valence-corrected chi connectivity index (χ2v) is 5.81. The maximum absolute atomic E-state index is 13.2. The molecule has 22 heavy (non-hydrogen) atoms. The van der Waals surface area contributed by atoms with Crippen LogP contribution in [0.2, 0.25) is 5.15 Å². The first-order chi connectivity index (χ1) is 10.5. The number of hydrogen-bond donors (Lipinski definition) is 1. The van der Waals surface area contributed by atoms with Crippen LogP contribution in [0, 0.1) is 5.82 Å². The lowest BCUT2D eigenvalue weighted by atomic mass is 10.1. The Hall–Kier alpha value is -1.98. The minimum atomic E-state index is -0.401. The first-order valence-electron chi connectivity index (χ1n) is 6.36. The van der Waals surface area contributed by atoms with Crippen molar-refractivity contribution in [1.82, 2.24) is 4.98 Å². The molecule has 1 heterocycles. The Morgan fingerprint density at radius 1 is 1.18 bits per heavy atom. The van der Waals surface area contributed by atoms with Gasteiger partial charge in [0, 0.05) is 15.9 Å². The number of anilines is 1. The monoisotopic (exact) mass is 378 g/mol. The number of para-hydroxylation sites is 1. The normalized spacial score (nSPS) is 10.7. The minimum absolute atomic E-state index is 0.0302. The summed E-state index contributed by atoms with van der Waals surface area (Å²) >= 11 is 9.41. The Balaban J connectivity index is 1.99. The summed E-state index contributed by atoms with van der Waals surface area (Å²) in [6, 6.07) is 13.0. The number of amides is 1. The van der Waals surface area contributed by atoms with Crippen molar-refractivity contribution in [1.29, 1.82) is 0 Å². The van der Waals surface area contributed by atoms with E-state index in [1.165, 1.54) is 12.1 Å². The Bertz CT molecular complexity index is 885. The Labute approximate surface area is 139 Å². The quantitative estimate of drug-likeness (QED) is 0.634. The van der Waals surface area contributed by atoms with Gasteiger partial charge in [-0.15, -0.1) is 0 Å². The average Bonchev–Trinajstić information content (AvgIpc) is 2.48. The van der Waals surface area contributed by atoms with E-state index in [0.717, 1.165) is 4.47 Å². The minimum Gasteiger partial charge on any atom is -0.321 e. The Morgan fingerprint density at radius 2 is 1.95 bits per heavy atom. The number of carbonyl (C=O) groups is 1. The molecule has 3 rings (SSSR count).